The third-order valence-corrected chi connectivity index (χ3v) is 2.83. The summed E-state index contributed by atoms with van der Waals surface area (Å²) in [5.74, 6) is -0.122. The molecule has 0 aliphatic heterocycles. The molecule has 2 rings (SSSR count). The molecule has 20 heavy (non-hydrogen) atoms. The first-order valence-electron chi connectivity index (χ1n) is 6.04. The van der Waals surface area contributed by atoms with Crippen LogP contribution < -0.4 is 10.5 Å². The highest BCUT2D eigenvalue weighted by Crippen LogP contribution is 2.29. The van der Waals surface area contributed by atoms with Gasteiger partial charge in [0, 0.05) is 0 Å². The van der Waals surface area contributed by atoms with Crippen molar-refractivity contribution >= 4 is 5.84 Å². The van der Waals surface area contributed by atoms with E-state index in [0.717, 1.165) is 11.1 Å². The van der Waals surface area contributed by atoms with Gasteiger partial charge in [-0.15, -0.1) is 0 Å². The Bertz CT molecular complexity index is 669. The normalized spacial score (nSPS) is 11.4. The van der Waals surface area contributed by atoms with Crippen LogP contribution in [0, 0.1) is 19.7 Å². The fourth-order valence-corrected chi connectivity index (χ4v) is 1.79. The van der Waals surface area contributed by atoms with Crippen molar-refractivity contribution in [1.82, 2.24) is 0 Å². The predicted molar refractivity (Wildman–Crippen MR) is 74.9 cm³/mol. The maximum atomic E-state index is 13.7. The number of nitrogens with two attached hydrogens (primary N) is 1. The van der Waals surface area contributed by atoms with Gasteiger partial charge >= 0.3 is 0 Å². The molecule has 0 amide bonds. The largest absolute Gasteiger partial charge is 0.453 e. The Hall–Kier alpha value is -2.56. The van der Waals surface area contributed by atoms with Crippen LogP contribution in [0.4, 0.5) is 4.39 Å². The van der Waals surface area contributed by atoms with E-state index in [1.54, 1.807) is 30.3 Å². The summed E-state index contributed by atoms with van der Waals surface area (Å²) in [5.41, 5.74) is 7.79. The zero-order chi connectivity index (χ0) is 14.7. The van der Waals surface area contributed by atoms with Gasteiger partial charge in [0.15, 0.2) is 17.4 Å². The van der Waals surface area contributed by atoms with Crippen molar-refractivity contribution in [1.29, 1.82) is 0 Å². The van der Waals surface area contributed by atoms with Gasteiger partial charge in [0.05, 0.1) is 5.56 Å². The van der Waals surface area contributed by atoms with E-state index in [2.05, 4.69) is 5.16 Å². The Morgan fingerprint density at radius 1 is 1.10 bits per heavy atom. The third-order valence-electron chi connectivity index (χ3n) is 2.83. The van der Waals surface area contributed by atoms with Crippen molar-refractivity contribution < 1.29 is 14.3 Å². The summed E-state index contributed by atoms with van der Waals surface area (Å²) in [6, 6.07) is 9.75. The van der Waals surface area contributed by atoms with E-state index < -0.39 is 5.82 Å². The number of hydrogen-bond donors (Lipinski definition) is 2. The van der Waals surface area contributed by atoms with E-state index in [1.807, 2.05) is 13.8 Å². The lowest BCUT2D eigenvalue weighted by molar-refractivity contribution is 0.318. The molecule has 4 nitrogen and oxygen atoms in total. The molecule has 0 atom stereocenters. The Kier molecular flexibility index (Phi) is 3.89. The van der Waals surface area contributed by atoms with Crippen LogP contribution in [0.1, 0.15) is 16.7 Å². The van der Waals surface area contributed by atoms with Crippen molar-refractivity contribution in [2.24, 2.45) is 10.9 Å². The molecule has 104 valence electrons. The number of ether oxygens (including phenoxy) is 1. The van der Waals surface area contributed by atoms with Crippen LogP contribution in [-0.2, 0) is 0 Å². The summed E-state index contributed by atoms with van der Waals surface area (Å²) in [5, 5.41) is 11.7. The second kappa shape index (κ2) is 5.61. The lowest BCUT2D eigenvalue weighted by Crippen LogP contribution is -2.14. The van der Waals surface area contributed by atoms with Crippen molar-refractivity contribution in [3.8, 4) is 11.5 Å². The first-order valence-corrected chi connectivity index (χ1v) is 6.04. The number of hydrogen-bond acceptors (Lipinski definition) is 3. The summed E-state index contributed by atoms with van der Waals surface area (Å²) in [7, 11) is 0. The van der Waals surface area contributed by atoms with Gasteiger partial charge < -0.3 is 15.7 Å². The number of nitrogens with zero attached hydrogens (tertiary/aromatic N) is 1. The van der Waals surface area contributed by atoms with E-state index in [4.69, 9.17) is 15.7 Å². The molecule has 2 aromatic carbocycles. The molecule has 0 unspecified atom stereocenters. The van der Waals surface area contributed by atoms with Crippen LogP contribution in [0.3, 0.4) is 0 Å². The average Bonchev–Trinajstić information content (AvgIpc) is 2.42. The second-order valence-electron chi connectivity index (χ2n) is 4.52. The number of benzene rings is 2. The molecule has 2 aromatic rings. The molecule has 0 saturated carbocycles. The predicted octanol–water partition coefficient (Wildman–Crippen LogP) is 3.33. The molecule has 0 fully saturated rings. The summed E-state index contributed by atoms with van der Waals surface area (Å²) < 4.78 is 19.3. The minimum atomic E-state index is -0.470. The van der Waals surface area contributed by atoms with Crippen molar-refractivity contribution in [2.45, 2.75) is 13.8 Å². The molecular weight excluding hydrogens is 259 g/mol. The standard InChI is InChI=1S/C15H15FN2O2/c1-9-3-5-11(15(17)18-19)13(7-9)20-14-8-10(2)4-6-12(14)16/h3-8,19H,1-2H3,(H2,17,18). The molecule has 0 aliphatic rings. The maximum absolute atomic E-state index is 13.7. The molecular formula is C15H15FN2O2. The lowest BCUT2D eigenvalue weighted by Gasteiger charge is -2.12. The molecule has 0 saturated heterocycles. The van der Waals surface area contributed by atoms with E-state index in [0.29, 0.717) is 11.3 Å². The highest BCUT2D eigenvalue weighted by molar-refractivity contribution is 5.99. The van der Waals surface area contributed by atoms with Crippen LogP contribution >= 0.6 is 0 Å². The third kappa shape index (κ3) is 2.88. The molecule has 0 spiro atoms. The zero-order valence-electron chi connectivity index (χ0n) is 11.2. The molecule has 0 radical (unpaired) electrons. The summed E-state index contributed by atoms with van der Waals surface area (Å²) >= 11 is 0. The van der Waals surface area contributed by atoms with Gasteiger partial charge in [0.1, 0.15) is 5.75 Å². The summed E-state index contributed by atoms with van der Waals surface area (Å²) in [6.07, 6.45) is 0. The minimum absolute atomic E-state index is 0.0898. The Balaban J connectivity index is 2.47. The summed E-state index contributed by atoms with van der Waals surface area (Å²) in [6.45, 7) is 3.71. The van der Waals surface area contributed by atoms with Crippen LogP contribution in [-0.4, -0.2) is 11.0 Å². The van der Waals surface area contributed by atoms with Crippen LogP contribution in [0.25, 0.3) is 0 Å². The number of halogens is 1. The van der Waals surface area contributed by atoms with Gasteiger partial charge in [-0.25, -0.2) is 4.39 Å². The average molecular weight is 274 g/mol. The van der Waals surface area contributed by atoms with Gasteiger partial charge in [0.2, 0.25) is 0 Å². The smallest absolute Gasteiger partial charge is 0.173 e. The Labute approximate surface area is 116 Å². The molecule has 0 heterocycles. The van der Waals surface area contributed by atoms with Crippen molar-refractivity contribution in [2.75, 3.05) is 0 Å². The second-order valence-corrected chi connectivity index (χ2v) is 4.52. The van der Waals surface area contributed by atoms with E-state index >= 15 is 0 Å². The van der Waals surface area contributed by atoms with Gasteiger partial charge in [-0.05, 0) is 49.2 Å². The lowest BCUT2D eigenvalue weighted by atomic mass is 10.1. The van der Waals surface area contributed by atoms with Crippen LogP contribution in [0.5, 0.6) is 11.5 Å². The van der Waals surface area contributed by atoms with Gasteiger partial charge in [-0.3, -0.25) is 0 Å². The first-order chi connectivity index (χ1) is 9.51. The number of oxime groups is 1. The maximum Gasteiger partial charge on any atom is 0.173 e. The van der Waals surface area contributed by atoms with Crippen molar-refractivity contribution in [3.05, 3.63) is 58.9 Å². The summed E-state index contributed by atoms with van der Waals surface area (Å²) in [4.78, 5) is 0. The fraction of sp³-hybridized carbons (Fsp3) is 0.133. The molecule has 5 heteroatoms. The molecule has 3 N–H and O–H groups in total. The minimum Gasteiger partial charge on any atom is -0.453 e. The number of rotatable bonds is 3. The van der Waals surface area contributed by atoms with E-state index in [9.17, 15) is 4.39 Å². The Morgan fingerprint density at radius 2 is 1.70 bits per heavy atom. The zero-order valence-corrected chi connectivity index (χ0v) is 11.2. The number of amidine groups is 1. The quantitative estimate of drug-likeness (QED) is 0.390. The monoisotopic (exact) mass is 274 g/mol. The van der Waals surface area contributed by atoms with E-state index in [-0.39, 0.29) is 11.6 Å². The molecule has 0 aromatic heterocycles. The topological polar surface area (TPSA) is 67.8 Å². The fourth-order valence-electron chi connectivity index (χ4n) is 1.79. The number of aryl methyl sites for hydroxylation is 2. The SMILES string of the molecule is Cc1ccc(F)c(Oc2cc(C)ccc2C(N)=NO)c1. The van der Waals surface area contributed by atoms with Crippen LogP contribution in [0.2, 0.25) is 0 Å². The van der Waals surface area contributed by atoms with Gasteiger partial charge in [0.25, 0.3) is 0 Å². The van der Waals surface area contributed by atoms with Crippen LogP contribution in [0.15, 0.2) is 41.6 Å². The van der Waals surface area contributed by atoms with Gasteiger partial charge in [-0.2, -0.15) is 0 Å². The molecule has 0 bridgehead atoms. The highest BCUT2D eigenvalue weighted by atomic mass is 19.1. The highest BCUT2D eigenvalue weighted by Gasteiger charge is 2.12. The Morgan fingerprint density at radius 3 is 2.35 bits per heavy atom. The van der Waals surface area contributed by atoms with Crippen molar-refractivity contribution in [3.63, 3.8) is 0 Å². The van der Waals surface area contributed by atoms with E-state index in [1.165, 1.54) is 6.07 Å². The molecule has 0 aliphatic carbocycles. The first kappa shape index (κ1) is 13.9. The van der Waals surface area contributed by atoms with Gasteiger partial charge in [-0.1, -0.05) is 17.3 Å².